The summed E-state index contributed by atoms with van der Waals surface area (Å²) in [5.41, 5.74) is 2.27. The van der Waals surface area contributed by atoms with Gasteiger partial charge in [0.1, 0.15) is 5.75 Å². The fraction of sp³-hybridized carbons (Fsp3) is 0.294. The summed E-state index contributed by atoms with van der Waals surface area (Å²) >= 11 is 12.2. The van der Waals surface area contributed by atoms with E-state index in [1.807, 2.05) is 24.3 Å². The van der Waals surface area contributed by atoms with Crippen LogP contribution in [0.3, 0.4) is 0 Å². The minimum atomic E-state index is 0.290. The predicted octanol–water partition coefficient (Wildman–Crippen LogP) is 4.46. The minimum Gasteiger partial charge on any atom is -0.508 e. The SMILES string of the molecule is CCNC(Cc1ccc(O)cc1)Cc1ccc(Cl)cc1Cl. The van der Waals surface area contributed by atoms with Crippen LogP contribution in [-0.4, -0.2) is 17.7 Å². The summed E-state index contributed by atoms with van der Waals surface area (Å²) in [5, 5.41) is 14.2. The molecule has 0 aliphatic carbocycles. The molecule has 1 unspecified atom stereocenters. The number of phenols is 1. The molecule has 2 N–H and O–H groups in total. The van der Waals surface area contributed by atoms with Gasteiger partial charge in [0, 0.05) is 16.1 Å². The third-order valence-corrected chi connectivity index (χ3v) is 3.98. The summed E-state index contributed by atoms with van der Waals surface area (Å²) in [6, 6.07) is 13.2. The van der Waals surface area contributed by atoms with E-state index in [0.29, 0.717) is 21.8 Å². The lowest BCUT2D eigenvalue weighted by Crippen LogP contribution is -2.33. The number of halogens is 2. The standard InChI is InChI=1S/C17H19Cl2NO/c1-2-20-15(9-12-3-7-16(21)8-4-12)10-13-5-6-14(18)11-17(13)19/h3-8,11,15,20-21H,2,9-10H2,1H3. The Bertz CT molecular complexity index is 584. The highest BCUT2D eigenvalue weighted by atomic mass is 35.5. The molecule has 0 heterocycles. The van der Waals surface area contributed by atoms with Crippen LogP contribution >= 0.6 is 23.2 Å². The highest BCUT2D eigenvalue weighted by Crippen LogP contribution is 2.23. The van der Waals surface area contributed by atoms with E-state index in [9.17, 15) is 5.11 Å². The van der Waals surface area contributed by atoms with Crippen molar-refractivity contribution in [3.05, 3.63) is 63.6 Å². The Balaban J connectivity index is 2.09. The Morgan fingerprint density at radius 3 is 2.38 bits per heavy atom. The first-order valence-corrected chi connectivity index (χ1v) is 7.79. The fourth-order valence-corrected chi connectivity index (χ4v) is 2.86. The molecule has 0 aliphatic heterocycles. The maximum Gasteiger partial charge on any atom is 0.115 e. The molecule has 0 spiro atoms. The van der Waals surface area contributed by atoms with Gasteiger partial charge in [-0.3, -0.25) is 0 Å². The number of likely N-dealkylation sites (N-methyl/N-ethyl adjacent to an activating group) is 1. The number of aromatic hydroxyl groups is 1. The molecular formula is C17H19Cl2NO. The predicted molar refractivity (Wildman–Crippen MR) is 89.4 cm³/mol. The third-order valence-electron chi connectivity index (χ3n) is 3.39. The van der Waals surface area contributed by atoms with Crippen LogP contribution in [0.5, 0.6) is 5.75 Å². The number of hydrogen-bond donors (Lipinski definition) is 2. The number of benzene rings is 2. The van der Waals surface area contributed by atoms with E-state index in [1.165, 1.54) is 5.56 Å². The average molecular weight is 324 g/mol. The summed E-state index contributed by atoms with van der Waals surface area (Å²) in [5.74, 6) is 0.291. The van der Waals surface area contributed by atoms with E-state index < -0.39 is 0 Å². The van der Waals surface area contributed by atoms with Crippen LogP contribution in [0.25, 0.3) is 0 Å². The molecule has 0 saturated heterocycles. The fourth-order valence-electron chi connectivity index (χ4n) is 2.37. The molecule has 0 fully saturated rings. The maximum atomic E-state index is 9.35. The molecule has 2 aromatic rings. The topological polar surface area (TPSA) is 32.3 Å². The smallest absolute Gasteiger partial charge is 0.115 e. The van der Waals surface area contributed by atoms with Gasteiger partial charge in [-0.25, -0.2) is 0 Å². The largest absolute Gasteiger partial charge is 0.508 e. The average Bonchev–Trinajstić information content (AvgIpc) is 2.44. The van der Waals surface area contributed by atoms with Crippen LogP contribution in [0, 0.1) is 0 Å². The van der Waals surface area contributed by atoms with Gasteiger partial charge in [-0.2, -0.15) is 0 Å². The zero-order valence-corrected chi connectivity index (χ0v) is 13.5. The molecule has 0 amide bonds. The molecule has 0 bridgehead atoms. The molecule has 2 aromatic carbocycles. The highest BCUT2D eigenvalue weighted by Gasteiger charge is 2.12. The van der Waals surface area contributed by atoms with Gasteiger partial charge in [-0.1, -0.05) is 48.3 Å². The molecule has 2 nitrogen and oxygen atoms in total. The van der Waals surface area contributed by atoms with Crippen molar-refractivity contribution >= 4 is 23.2 Å². The van der Waals surface area contributed by atoms with E-state index >= 15 is 0 Å². The van der Waals surface area contributed by atoms with Gasteiger partial charge in [0.25, 0.3) is 0 Å². The Hall–Kier alpha value is -1.22. The van der Waals surface area contributed by atoms with E-state index in [0.717, 1.165) is 24.9 Å². The normalized spacial score (nSPS) is 12.3. The summed E-state index contributed by atoms with van der Waals surface area (Å²) < 4.78 is 0. The van der Waals surface area contributed by atoms with Crippen LogP contribution in [0.2, 0.25) is 10.0 Å². The zero-order valence-electron chi connectivity index (χ0n) is 11.9. The number of phenolic OH excluding ortho intramolecular Hbond substituents is 1. The molecule has 0 aliphatic rings. The van der Waals surface area contributed by atoms with Gasteiger partial charge in [0.05, 0.1) is 0 Å². The monoisotopic (exact) mass is 323 g/mol. The summed E-state index contributed by atoms with van der Waals surface area (Å²) in [4.78, 5) is 0. The van der Waals surface area contributed by atoms with Crippen LogP contribution in [-0.2, 0) is 12.8 Å². The molecule has 112 valence electrons. The Morgan fingerprint density at radius 1 is 1.05 bits per heavy atom. The highest BCUT2D eigenvalue weighted by molar-refractivity contribution is 6.35. The van der Waals surface area contributed by atoms with Crippen LogP contribution in [0.4, 0.5) is 0 Å². The molecule has 1 atom stereocenters. The van der Waals surface area contributed by atoms with Gasteiger partial charge in [0.2, 0.25) is 0 Å². The van der Waals surface area contributed by atoms with E-state index in [1.54, 1.807) is 18.2 Å². The third kappa shape index (κ3) is 4.92. The Labute approximate surface area is 135 Å². The van der Waals surface area contributed by atoms with Crippen molar-refractivity contribution in [2.75, 3.05) is 6.54 Å². The Kier molecular flexibility index (Phi) is 5.92. The van der Waals surface area contributed by atoms with Crippen molar-refractivity contribution in [1.82, 2.24) is 5.32 Å². The Morgan fingerprint density at radius 2 is 1.76 bits per heavy atom. The van der Waals surface area contributed by atoms with Gasteiger partial charge in [-0.05, 0) is 54.8 Å². The molecule has 4 heteroatoms. The molecule has 2 rings (SSSR count). The maximum absolute atomic E-state index is 9.35. The van der Waals surface area contributed by atoms with Crippen LogP contribution in [0.1, 0.15) is 18.1 Å². The molecule has 0 saturated carbocycles. The summed E-state index contributed by atoms with van der Waals surface area (Å²) in [6.07, 6.45) is 1.72. The van der Waals surface area contributed by atoms with Gasteiger partial charge < -0.3 is 10.4 Å². The summed E-state index contributed by atoms with van der Waals surface area (Å²) in [6.45, 7) is 2.99. The second-order valence-electron chi connectivity index (χ2n) is 5.07. The second-order valence-corrected chi connectivity index (χ2v) is 5.91. The van der Waals surface area contributed by atoms with Gasteiger partial charge in [0.15, 0.2) is 0 Å². The number of rotatable bonds is 6. The molecular weight excluding hydrogens is 305 g/mol. The van der Waals surface area contributed by atoms with E-state index in [-0.39, 0.29) is 0 Å². The van der Waals surface area contributed by atoms with Crippen molar-refractivity contribution in [2.45, 2.75) is 25.8 Å². The van der Waals surface area contributed by atoms with Crippen molar-refractivity contribution in [1.29, 1.82) is 0 Å². The first-order valence-electron chi connectivity index (χ1n) is 7.03. The zero-order chi connectivity index (χ0) is 15.2. The lowest BCUT2D eigenvalue weighted by Gasteiger charge is -2.19. The molecule has 21 heavy (non-hydrogen) atoms. The quantitative estimate of drug-likeness (QED) is 0.822. The van der Waals surface area contributed by atoms with Crippen LogP contribution < -0.4 is 5.32 Å². The van der Waals surface area contributed by atoms with Crippen molar-refractivity contribution in [2.24, 2.45) is 0 Å². The van der Waals surface area contributed by atoms with Crippen molar-refractivity contribution in [3.8, 4) is 5.75 Å². The lowest BCUT2D eigenvalue weighted by molar-refractivity contribution is 0.474. The minimum absolute atomic E-state index is 0.290. The van der Waals surface area contributed by atoms with E-state index in [4.69, 9.17) is 23.2 Å². The number of hydrogen-bond acceptors (Lipinski definition) is 2. The van der Waals surface area contributed by atoms with Crippen molar-refractivity contribution < 1.29 is 5.11 Å². The number of nitrogens with one attached hydrogen (secondary N) is 1. The first kappa shape index (κ1) is 16.2. The second kappa shape index (κ2) is 7.69. The lowest BCUT2D eigenvalue weighted by atomic mass is 9.99. The van der Waals surface area contributed by atoms with Gasteiger partial charge in [-0.15, -0.1) is 0 Å². The summed E-state index contributed by atoms with van der Waals surface area (Å²) in [7, 11) is 0. The van der Waals surface area contributed by atoms with Crippen LogP contribution in [0.15, 0.2) is 42.5 Å². The van der Waals surface area contributed by atoms with Gasteiger partial charge >= 0.3 is 0 Å². The first-order chi connectivity index (χ1) is 10.1. The van der Waals surface area contributed by atoms with E-state index in [2.05, 4.69) is 12.2 Å². The molecule has 0 radical (unpaired) electrons. The van der Waals surface area contributed by atoms with Crippen molar-refractivity contribution in [3.63, 3.8) is 0 Å². The molecule has 0 aromatic heterocycles.